The van der Waals surface area contributed by atoms with E-state index in [0.717, 1.165) is 44.5 Å². The third-order valence-electron chi connectivity index (χ3n) is 4.38. The van der Waals surface area contributed by atoms with E-state index in [1.54, 1.807) is 4.90 Å². The molecule has 2 saturated heterocycles. The Morgan fingerprint density at radius 2 is 1.81 bits per heavy atom. The minimum atomic E-state index is -1.32. The molecule has 114 valence electrons. The molecule has 1 aromatic carbocycles. The zero-order valence-corrected chi connectivity index (χ0v) is 11.7. The second kappa shape index (κ2) is 5.60. The van der Waals surface area contributed by atoms with Crippen LogP contribution in [0.2, 0.25) is 0 Å². The average Bonchev–Trinajstić information content (AvgIpc) is 2.76. The quantitative estimate of drug-likeness (QED) is 0.910. The SMILES string of the molecule is O=C(O)c1cc(F)c(N2CCCN3CCCC3C2)c(F)c1. The Labute approximate surface area is 122 Å². The van der Waals surface area contributed by atoms with Crippen molar-refractivity contribution in [1.82, 2.24) is 4.90 Å². The van der Waals surface area contributed by atoms with E-state index in [0.29, 0.717) is 19.1 Å². The molecular weight excluding hydrogens is 278 g/mol. The summed E-state index contributed by atoms with van der Waals surface area (Å²) < 4.78 is 28.3. The highest BCUT2D eigenvalue weighted by atomic mass is 19.1. The van der Waals surface area contributed by atoms with Crippen molar-refractivity contribution in [2.75, 3.05) is 31.1 Å². The fourth-order valence-corrected chi connectivity index (χ4v) is 3.40. The zero-order chi connectivity index (χ0) is 15.0. The molecule has 1 unspecified atom stereocenters. The van der Waals surface area contributed by atoms with E-state index in [2.05, 4.69) is 4.90 Å². The molecule has 1 aromatic rings. The van der Waals surface area contributed by atoms with Crippen LogP contribution in [0.3, 0.4) is 0 Å². The van der Waals surface area contributed by atoms with Crippen LogP contribution in [0.15, 0.2) is 12.1 Å². The number of anilines is 1. The molecule has 2 fully saturated rings. The Balaban J connectivity index is 1.90. The molecule has 6 heteroatoms. The molecule has 2 aliphatic rings. The van der Waals surface area contributed by atoms with E-state index in [4.69, 9.17) is 5.11 Å². The number of carbonyl (C=O) groups is 1. The van der Waals surface area contributed by atoms with Gasteiger partial charge in [0.05, 0.1) is 5.56 Å². The predicted octanol–water partition coefficient (Wildman–Crippen LogP) is 2.34. The lowest BCUT2D eigenvalue weighted by Gasteiger charge is -2.28. The number of carboxylic acid groups (broad SMARTS) is 1. The molecule has 2 heterocycles. The summed E-state index contributed by atoms with van der Waals surface area (Å²) in [7, 11) is 0. The Kier molecular flexibility index (Phi) is 3.80. The van der Waals surface area contributed by atoms with Crippen LogP contribution in [-0.2, 0) is 0 Å². The third-order valence-corrected chi connectivity index (χ3v) is 4.38. The Bertz CT molecular complexity index is 542. The highest BCUT2D eigenvalue weighted by Gasteiger charge is 2.31. The molecule has 0 aliphatic carbocycles. The van der Waals surface area contributed by atoms with Crippen LogP contribution in [0.1, 0.15) is 29.6 Å². The Morgan fingerprint density at radius 1 is 1.14 bits per heavy atom. The van der Waals surface area contributed by atoms with Gasteiger partial charge >= 0.3 is 5.97 Å². The van der Waals surface area contributed by atoms with Crippen molar-refractivity contribution in [3.8, 4) is 0 Å². The van der Waals surface area contributed by atoms with Crippen LogP contribution in [0.25, 0.3) is 0 Å². The molecule has 21 heavy (non-hydrogen) atoms. The molecule has 0 radical (unpaired) electrons. The molecule has 0 amide bonds. The van der Waals surface area contributed by atoms with E-state index in [9.17, 15) is 13.6 Å². The number of hydrogen-bond donors (Lipinski definition) is 1. The van der Waals surface area contributed by atoms with Crippen LogP contribution in [0.4, 0.5) is 14.5 Å². The van der Waals surface area contributed by atoms with Crippen LogP contribution in [-0.4, -0.2) is 48.2 Å². The van der Waals surface area contributed by atoms with Crippen molar-refractivity contribution >= 4 is 11.7 Å². The van der Waals surface area contributed by atoms with Crippen LogP contribution < -0.4 is 4.90 Å². The fourth-order valence-electron chi connectivity index (χ4n) is 3.40. The van der Waals surface area contributed by atoms with Gasteiger partial charge in [-0.15, -0.1) is 0 Å². The van der Waals surface area contributed by atoms with Gasteiger partial charge in [0, 0.05) is 25.7 Å². The molecular formula is C15H18F2N2O2. The number of aromatic carboxylic acids is 1. The second-order valence-electron chi connectivity index (χ2n) is 5.73. The maximum atomic E-state index is 14.2. The average molecular weight is 296 g/mol. The smallest absolute Gasteiger partial charge is 0.335 e. The normalized spacial score (nSPS) is 23.0. The Morgan fingerprint density at radius 3 is 2.48 bits per heavy atom. The van der Waals surface area contributed by atoms with Gasteiger partial charge in [-0.25, -0.2) is 13.6 Å². The summed E-state index contributed by atoms with van der Waals surface area (Å²) in [6, 6.07) is 2.14. The van der Waals surface area contributed by atoms with E-state index < -0.39 is 17.6 Å². The van der Waals surface area contributed by atoms with Crippen molar-refractivity contribution in [2.24, 2.45) is 0 Å². The number of carboxylic acids is 1. The van der Waals surface area contributed by atoms with Gasteiger partial charge in [0.1, 0.15) is 17.3 Å². The van der Waals surface area contributed by atoms with E-state index >= 15 is 0 Å². The predicted molar refractivity (Wildman–Crippen MR) is 74.7 cm³/mol. The van der Waals surface area contributed by atoms with E-state index in [1.165, 1.54) is 0 Å². The molecule has 0 aromatic heterocycles. The molecule has 0 bridgehead atoms. The summed E-state index contributed by atoms with van der Waals surface area (Å²) in [5.41, 5.74) is -0.445. The van der Waals surface area contributed by atoms with Gasteiger partial charge in [0.15, 0.2) is 0 Å². The van der Waals surface area contributed by atoms with Gasteiger partial charge in [0.25, 0.3) is 0 Å². The molecule has 0 saturated carbocycles. The largest absolute Gasteiger partial charge is 0.478 e. The summed E-state index contributed by atoms with van der Waals surface area (Å²) >= 11 is 0. The van der Waals surface area contributed by atoms with E-state index in [1.807, 2.05) is 0 Å². The van der Waals surface area contributed by atoms with Crippen LogP contribution in [0.5, 0.6) is 0 Å². The Hall–Kier alpha value is -1.69. The maximum Gasteiger partial charge on any atom is 0.335 e. The second-order valence-corrected chi connectivity index (χ2v) is 5.73. The van der Waals surface area contributed by atoms with Crippen molar-refractivity contribution in [3.05, 3.63) is 29.3 Å². The highest BCUT2D eigenvalue weighted by molar-refractivity contribution is 5.88. The van der Waals surface area contributed by atoms with Crippen molar-refractivity contribution in [3.63, 3.8) is 0 Å². The number of rotatable bonds is 2. The first kappa shape index (κ1) is 14.3. The van der Waals surface area contributed by atoms with Crippen molar-refractivity contribution in [2.45, 2.75) is 25.3 Å². The van der Waals surface area contributed by atoms with Crippen molar-refractivity contribution < 1.29 is 18.7 Å². The first-order chi connectivity index (χ1) is 10.1. The first-order valence-corrected chi connectivity index (χ1v) is 7.27. The van der Waals surface area contributed by atoms with Crippen LogP contribution in [0, 0.1) is 11.6 Å². The summed E-state index contributed by atoms with van der Waals surface area (Å²) in [5, 5.41) is 8.85. The minimum Gasteiger partial charge on any atom is -0.478 e. The highest BCUT2D eigenvalue weighted by Crippen LogP contribution is 2.29. The minimum absolute atomic E-state index is 0.0891. The summed E-state index contributed by atoms with van der Waals surface area (Å²) in [5.74, 6) is -2.91. The third kappa shape index (κ3) is 2.72. The summed E-state index contributed by atoms with van der Waals surface area (Å²) in [6.07, 6.45) is 3.03. The van der Waals surface area contributed by atoms with Gasteiger partial charge in [0.2, 0.25) is 0 Å². The fraction of sp³-hybridized carbons (Fsp3) is 0.533. The van der Waals surface area contributed by atoms with Crippen LogP contribution >= 0.6 is 0 Å². The summed E-state index contributed by atoms with van der Waals surface area (Å²) in [4.78, 5) is 14.9. The molecule has 2 aliphatic heterocycles. The maximum absolute atomic E-state index is 14.2. The lowest BCUT2D eigenvalue weighted by molar-refractivity contribution is 0.0695. The van der Waals surface area contributed by atoms with Crippen molar-refractivity contribution in [1.29, 1.82) is 0 Å². The van der Waals surface area contributed by atoms with Gasteiger partial charge in [-0.05, 0) is 37.9 Å². The van der Waals surface area contributed by atoms with Gasteiger partial charge in [-0.1, -0.05) is 0 Å². The monoisotopic (exact) mass is 296 g/mol. The number of fused-ring (bicyclic) bond motifs is 1. The topological polar surface area (TPSA) is 43.8 Å². The number of hydrogen-bond acceptors (Lipinski definition) is 3. The first-order valence-electron chi connectivity index (χ1n) is 7.27. The van der Waals surface area contributed by atoms with Gasteiger partial charge in [-0.3, -0.25) is 4.90 Å². The summed E-state index contributed by atoms with van der Waals surface area (Å²) in [6.45, 7) is 3.20. The molecule has 4 nitrogen and oxygen atoms in total. The lowest BCUT2D eigenvalue weighted by atomic mass is 10.1. The lowest BCUT2D eigenvalue weighted by Crippen LogP contribution is -2.37. The number of benzene rings is 1. The molecule has 1 atom stereocenters. The van der Waals surface area contributed by atoms with Gasteiger partial charge in [-0.2, -0.15) is 0 Å². The standard InChI is InChI=1S/C15H18F2N2O2/c16-12-7-10(15(20)21)8-13(17)14(12)19-6-2-5-18-4-1-3-11(18)9-19/h7-8,11H,1-6,9H2,(H,20,21). The zero-order valence-electron chi connectivity index (χ0n) is 11.7. The number of halogens is 2. The number of nitrogens with zero attached hydrogens (tertiary/aromatic N) is 2. The molecule has 3 rings (SSSR count). The van der Waals surface area contributed by atoms with E-state index in [-0.39, 0.29) is 11.3 Å². The molecule has 1 N–H and O–H groups in total. The molecule has 0 spiro atoms. The van der Waals surface area contributed by atoms with Gasteiger partial charge < -0.3 is 10.0 Å².